The molecule has 1 fully saturated rings. The smallest absolute Gasteiger partial charge is 0.421 e. The van der Waals surface area contributed by atoms with Crippen molar-refractivity contribution < 1.29 is 17.9 Å². The van der Waals surface area contributed by atoms with Gasteiger partial charge in [-0.25, -0.2) is 9.52 Å². The summed E-state index contributed by atoms with van der Waals surface area (Å²) in [6.45, 7) is 2.06. The van der Waals surface area contributed by atoms with Crippen LogP contribution in [0.5, 0.6) is 0 Å². The number of rotatable bonds is 5. The first-order chi connectivity index (χ1) is 8.44. The van der Waals surface area contributed by atoms with Crippen LogP contribution in [-0.4, -0.2) is 32.5 Å². The van der Waals surface area contributed by atoms with Gasteiger partial charge in [0.1, 0.15) is 0 Å². The summed E-state index contributed by atoms with van der Waals surface area (Å²) >= 11 is 3.55. The minimum absolute atomic E-state index is 0.132. The third-order valence-electron chi connectivity index (χ3n) is 2.84. The van der Waals surface area contributed by atoms with Gasteiger partial charge in [0, 0.05) is 11.4 Å². The first kappa shape index (κ1) is 15.7. The van der Waals surface area contributed by atoms with E-state index in [1.807, 2.05) is 0 Å². The van der Waals surface area contributed by atoms with Crippen molar-refractivity contribution in [2.75, 3.05) is 13.2 Å². The van der Waals surface area contributed by atoms with Crippen molar-refractivity contribution in [1.82, 2.24) is 9.44 Å². The van der Waals surface area contributed by atoms with E-state index in [1.165, 1.54) is 6.42 Å². The Morgan fingerprint density at radius 1 is 1.39 bits per heavy atom. The summed E-state index contributed by atoms with van der Waals surface area (Å²) in [6.07, 6.45) is 3.36. The molecule has 0 heterocycles. The van der Waals surface area contributed by atoms with Gasteiger partial charge < -0.3 is 4.74 Å². The van der Waals surface area contributed by atoms with Crippen LogP contribution in [0.1, 0.15) is 32.6 Å². The van der Waals surface area contributed by atoms with E-state index in [0.717, 1.165) is 19.3 Å². The number of hydrogen-bond acceptors (Lipinski definition) is 4. The van der Waals surface area contributed by atoms with Crippen molar-refractivity contribution >= 4 is 32.2 Å². The van der Waals surface area contributed by atoms with Gasteiger partial charge in [-0.05, 0) is 25.7 Å². The zero-order valence-electron chi connectivity index (χ0n) is 10.3. The molecule has 2 unspecified atom stereocenters. The number of amides is 1. The molecule has 8 heteroatoms. The second-order valence-electron chi connectivity index (χ2n) is 4.23. The van der Waals surface area contributed by atoms with Crippen molar-refractivity contribution in [1.29, 1.82) is 0 Å². The number of hydrogen-bond donors (Lipinski definition) is 2. The minimum Gasteiger partial charge on any atom is -0.449 e. The van der Waals surface area contributed by atoms with Gasteiger partial charge in [-0.15, -0.1) is 0 Å². The van der Waals surface area contributed by atoms with E-state index in [2.05, 4.69) is 25.4 Å². The fraction of sp³-hybridized carbons (Fsp3) is 0.900. The van der Waals surface area contributed by atoms with Gasteiger partial charge in [0.2, 0.25) is 0 Å². The van der Waals surface area contributed by atoms with Crippen LogP contribution in [0.2, 0.25) is 0 Å². The lowest BCUT2D eigenvalue weighted by molar-refractivity contribution is 0.158. The quantitative estimate of drug-likeness (QED) is 0.742. The van der Waals surface area contributed by atoms with Gasteiger partial charge in [0.15, 0.2) is 0 Å². The van der Waals surface area contributed by atoms with Crippen LogP contribution < -0.4 is 9.44 Å². The van der Waals surface area contributed by atoms with Crippen LogP contribution in [0.4, 0.5) is 4.79 Å². The van der Waals surface area contributed by atoms with Crippen molar-refractivity contribution in [3.05, 3.63) is 0 Å². The van der Waals surface area contributed by atoms with Crippen molar-refractivity contribution in [3.8, 4) is 0 Å². The fourth-order valence-electron chi connectivity index (χ4n) is 1.92. The normalized spacial score (nSPS) is 24.6. The van der Waals surface area contributed by atoms with Gasteiger partial charge in [-0.2, -0.15) is 13.1 Å². The largest absolute Gasteiger partial charge is 0.449 e. The number of nitrogens with one attached hydrogen (secondary N) is 2. The monoisotopic (exact) mass is 342 g/mol. The Morgan fingerprint density at radius 2 is 2.06 bits per heavy atom. The summed E-state index contributed by atoms with van der Waals surface area (Å²) < 4.78 is 31.7. The second-order valence-corrected chi connectivity index (χ2v) is 6.91. The highest BCUT2D eigenvalue weighted by Crippen LogP contribution is 2.29. The van der Waals surface area contributed by atoms with Gasteiger partial charge >= 0.3 is 16.3 Å². The molecule has 6 nitrogen and oxygen atoms in total. The summed E-state index contributed by atoms with van der Waals surface area (Å²) in [6, 6.07) is 0. The van der Waals surface area contributed by atoms with E-state index in [1.54, 1.807) is 11.6 Å². The summed E-state index contributed by atoms with van der Waals surface area (Å²) in [5.41, 5.74) is 0. The van der Waals surface area contributed by atoms with E-state index in [4.69, 9.17) is 0 Å². The van der Waals surface area contributed by atoms with E-state index in [0.29, 0.717) is 11.4 Å². The van der Waals surface area contributed by atoms with Gasteiger partial charge in [-0.3, -0.25) is 0 Å². The molecule has 0 saturated heterocycles. The summed E-state index contributed by atoms with van der Waals surface area (Å²) in [5.74, 6) is 0.262. The first-order valence-corrected chi connectivity index (χ1v) is 8.42. The highest BCUT2D eigenvalue weighted by atomic mass is 79.9. The molecular formula is C10H19BrN2O4S. The Balaban J connectivity index is 2.38. The van der Waals surface area contributed by atoms with Gasteiger partial charge in [0.25, 0.3) is 0 Å². The number of carbonyl (C=O) groups is 1. The van der Waals surface area contributed by atoms with E-state index >= 15 is 0 Å². The van der Waals surface area contributed by atoms with Crippen LogP contribution in [0.15, 0.2) is 0 Å². The van der Waals surface area contributed by atoms with E-state index in [-0.39, 0.29) is 12.5 Å². The molecule has 0 aromatic carbocycles. The van der Waals surface area contributed by atoms with E-state index < -0.39 is 16.3 Å². The standard InChI is InChI=1S/C10H19BrN2O4S/c1-2-17-10(14)13-18(15,16)12-7-8-5-3-4-6-9(8)11/h8-9,12H,2-7H2,1H3,(H,13,14). The first-order valence-electron chi connectivity index (χ1n) is 6.03. The predicted molar refractivity (Wildman–Crippen MR) is 71.8 cm³/mol. The second kappa shape index (κ2) is 7.30. The van der Waals surface area contributed by atoms with Gasteiger partial charge in [-0.1, -0.05) is 28.8 Å². The van der Waals surface area contributed by atoms with Crippen molar-refractivity contribution in [2.24, 2.45) is 5.92 Å². The molecule has 0 aromatic heterocycles. The molecular weight excluding hydrogens is 324 g/mol. The van der Waals surface area contributed by atoms with Crippen LogP contribution in [0.3, 0.4) is 0 Å². The van der Waals surface area contributed by atoms with Crippen molar-refractivity contribution in [2.45, 2.75) is 37.4 Å². The molecule has 0 aromatic rings. The molecule has 0 bridgehead atoms. The van der Waals surface area contributed by atoms with Crippen molar-refractivity contribution in [3.63, 3.8) is 0 Å². The maximum Gasteiger partial charge on any atom is 0.421 e. The molecule has 1 aliphatic rings. The molecule has 2 N–H and O–H groups in total. The van der Waals surface area contributed by atoms with Crippen LogP contribution in [0.25, 0.3) is 0 Å². The summed E-state index contributed by atoms with van der Waals surface area (Å²) in [5, 5.41) is 0. The predicted octanol–water partition coefficient (Wildman–Crippen LogP) is 1.52. The molecule has 1 saturated carbocycles. The molecule has 18 heavy (non-hydrogen) atoms. The van der Waals surface area contributed by atoms with Crippen LogP contribution in [0, 0.1) is 5.92 Å². The summed E-state index contributed by atoms with van der Waals surface area (Å²) in [4.78, 5) is 11.3. The third kappa shape index (κ3) is 5.53. The molecule has 1 amide bonds. The van der Waals surface area contributed by atoms with Crippen LogP contribution >= 0.6 is 15.9 Å². The topological polar surface area (TPSA) is 84.5 Å². The fourth-order valence-corrected chi connectivity index (χ4v) is 3.47. The Kier molecular flexibility index (Phi) is 6.37. The van der Waals surface area contributed by atoms with E-state index in [9.17, 15) is 13.2 Å². The Labute approximate surface area is 116 Å². The van der Waals surface area contributed by atoms with Crippen LogP contribution in [-0.2, 0) is 14.9 Å². The summed E-state index contributed by atoms with van der Waals surface area (Å²) in [7, 11) is -3.82. The number of carbonyl (C=O) groups excluding carboxylic acids is 1. The Hall–Kier alpha value is -0.340. The molecule has 0 aliphatic heterocycles. The average molecular weight is 343 g/mol. The number of ether oxygens (including phenoxy) is 1. The SMILES string of the molecule is CCOC(=O)NS(=O)(=O)NCC1CCCCC1Br. The lowest BCUT2D eigenvalue weighted by Crippen LogP contribution is -2.43. The molecule has 2 atom stereocenters. The Morgan fingerprint density at radius 3 is 2.67 bits per heavy atom. The lowest BCUT2D eigenvalue weighted by Gasteiger charge is -2.27. The molecule has 1 rings (SSSR count). The average Bonchev–Trinajstić information content (AvgIpc) is 2.27. The zero-order chi connectivity index (χ0) is 13.6. The number of halogens is 1. The molecule has 0 radical (unpaired) electrons. The lowest BCUT2D eigenvalue weighted by atomic mass is 9.89. The third-order valence-corrected chi connectivity index (χ3v) is 5.03. The van der Waals surface area contributed by atoms with Gasteiger partial charge in [0.05, 0.1) is 6.61 Å². The molecule has 1 aliphatic carbocycles. The number of alkyl halides is 1. The molecule has 0 spiro atoms. The zero-order valence-corrected chi connectivity index (χ0v) is 12.7. The maximum absolute atomic E-state index is 11.5. The Bertz CT molecular complexity index is 374. The maximum atomic E-state index is 11.5. The highest BCUT2D eigenvalue weighted by molar-refractivity contribution is 9.09. The molecule has 106 valence electrons. The minimum atomic E-state index is -3.82. The highest BCUT2D eigenvalue weighted by Gasteiger charge is 2.24.